The summed E-state index contributed by atoms with van der Waals surface area (Å²) in [6.45, 7) is 10.3. The van der Waals surface area contributed by atoms with Gasteiger partial charge in [0.2, 0.25) is 0 Å². The highest BCUT2D eigenvalue weighted by atomic mass is 16.7. The number of fused-ring (bicyclic) bond motifs is 1. The van der Waals surface area contributed by atoms with Crippen LogP contribution >= 0.6 is 0 Å². The van der Waals surface area contributed by atoms with Crippen molar-refractivity contribution < 1.29 is 42.9 Å². The minimum absolute atomic E-state index is 0.0167. The molecule has 4 aliphatic carbocycles. The fourth-order valence-electron chi connectivity index (χ4n) is 13.9. The third-order valence-electron chi connectivity index (χ3n) is 15.0. The molecule has 5 heterocycles. The van der Waals surface area contributed by atoms with Gasteiger partial charge in [-0.2, -0.15) is 0 Å². The topological polar surface area (TPSA) is 125 Å². The molecule has 0 amide bonds. The first kappa shape index (κ1) is 29.9. The van der Waals surface area contributed by atoms with Crippen LogP contribution in [0.3, 0.4) is 0 Å². The molecule has 250 valence electrons. The predicted octanol–water partition coefficient (Wildman–Crippen LogP) is 5.26. The van der Waals surface area contributed by atoms with E-state index in [0.717, 1.165) is 69.1 Å². The molecule has 2 bridgehead atoms. The summed E-state index contributed by atoms with van der Waals surface area (Å²) < 4.78 is 32.3. The Morgan fingerprint density at radius 3 is 2.46 bits per heavy atom. The number of hydrogen-bond donors (Lipinski definition) is 1. The third-order valence-corrected chi connectivity index (χ3v) is 15.0. The number of aliphatic hydroxyl groups excluding tert-OH is 1. The summed E-state index contributed by atoms with van der Waals surface area (Å²) in [5, 5.41) is 12.5. The molecule has 1 N–H and O–H groups in total. The maximum Gasteiger partial charge on any atom is 0.339 e. The Balaban J connectivity index is 1.27. The van der Waals surface area contributed by atoms with E-state index in [1.165, 1.54) is 0 Å². The van der Waals surface area contributed by atoms with Gasteiger partial charge in [0, 0.05) is 28.2 Å². The van der Waals surface area contributed by atoms with Crippen LogP contribution in [0.25, 0.3) is 0 Å². The van der Waals surface area contributed by atoms with Crippen LogP contribution in [0.5, 0.6) is 0 Å². The first-order chi connectivity index (χ1) is 21.8. The van der Waals surface area contributed by atoms with Crippen LogP contribution in [0, 0.1) is 45.3 Å². The van der Waals surface area contributed by atoms with Gasteiger partial charge < -0.3 is 28.5 Å². The minimum atomic E-state index is -1.38. The van der Waals surface area contributed by atoms with Gasteiger partial charge in [0.1, 0.15) is 30.2 Å². The number of carbonyl (C=O) groups excluding carboxylic acids is 3. The Labute approximate surface area is 270 Å². The monoisotopic (exact) mass is 636 g/mol. The van der Waals surface area contributed by atoms with Crippen molar-refractivity contribution in [2.75, 3.05) is 6.61 Å². The summed E-state index contributed by atoms with van der Waals surface area (Å²) in [6.07, 6.45) is 7.48. The van der Waals surface area contributed by atoms with Crippen LogP contribution < -0.4 is 0 Å². The van der Waals surface area contributed by atoms with Crippen molar-refractivity contribution in [2.24, 2.45) is 45.3 Å². The number of epoxide rings is 1. The van der Waals surface area contributed by atoms with Gasteiger partial charge in [-0.1, -0.05) is 46.5 Å². The van der Waals surface area contributed by atoms with E-state index in [0.29, 0.717) is 6.42 Å². The number of Topliss-reactive ketones (excluding diaryl/α,β-unsaturated/α-hetero) is 1. The zero-order chi connectivity index (χ0) is 32.2. The number of furan rings is 1. The normalized spacial score (nSPS) is 50.3. The number of rotatable bonds is 5. The lowest BCUT2D eigenvalue weighted by molar-refractivity contribution is -0.266. The molecule has 3 spiro atoms. The summed E-state index contributed by atoms with van der Waals surface area (Å²) >= 11 is 0. The minimum Gasteiger partial charge on any atom is -0.469 e. The molecule has 1 aromatic heterocycles. The van der Waals surface area contributed by atoms with Gasteiger partial charge in [0.15, 0.2) is 11.9 Å². The number of ether oxygens (including phenoxy) is 4. The molecule has 9 heteroatoms. The Bertz CT molecular complexity index is 1520. The number of aryl methyl sites for hydroxylation is 1. The maximum absolute atomic E-state index is 14.8. The average Bonchev–Trinajstić information content (AvgIpc) is 3.26. The molecular formula is C37H48O9. The number of cyclic esters (lactones) is 2. The molecular weight excluding hydrogens is 588 g/mol. The van der Waals surface area contributed by atoms with E-state index in [1.54, 1.807) is 6.26 Å². The van der Waals surface area contributed by atoms with Crippen molar-refractivity contribution in [1.29, 1.82) is 0 Å². The molecule has 9 rings (SSSR count). The quantitative estimate of drug-likeness (QED) is 0.262. The highest BCUT2D eigenvalue weighted by molar-refractivity contribution is 5.92. The van der Waals surface area contributed by atoms with Crippen LogP contribution in [-0.4, -0.2) is 58.9 Å². The average molecular weight is 637 g/mol. The van der Waals surface area contributed by atoms with E-state index in [2.05, 4.69) is 13.8 Å². The number of esters is 2. The molecule has 1 aromatic rings. The molecule has 0 unspecified atom stereocenters. The van der Waals surface area contributed by atoms with Crippen molar-refractivity contribution >= 4 is 17.7 Å². The van der Waals surface area contributed by atoms with Gasteiger partial charge in [0.25, 0.3) is 0 Å². The molecule has 4 saturated carbocycles. The van der Waals surface area contributed by atoms with E-state index in [4.69, 9.17) is 23.4 Å². The van der Waals surface area contributed by atoms with E-state index >= 15 is 0 Å². The number of unbranched alkanes of at least 4 members (excludes halogenated alkanes) is 2. The van der Waals surface area contributed by atoms with Crippen molar-refractivity contribution in [2.45, 2.75) is 134 Å². The smallest absolute Gasteiger partial charge is 0.339 e. The van der Waals surface area contributed by atoms with Crippen LogP contribution in [0.1, 0.15) is 110 Å². The molecule has 46 heavy (non-hydrogen) atoms. The molecule has 0 radical (unpaired) electrons. The summed E-state index contributed by atoms with van der Waals surface area (Å²) in [6, 6.07) is 1.93. The second-order valence-corrected chi connectivity index (χ2v) is 17.3. The van der Waals surface area contributed by atoms with Crippen molar-refractivity contribution in [3.8, 4) is 0 Å². The predicted molar refractivity (Wildman–Crippen MR) is 162 cm³/mol. The van der Waals surface area contributed by atoms with E-state index < -0.39 is 69.7 Å². The van der Waals surface area contributed by atoms with Gasteiger partial charge in [-0.05, 0) is 69.3 Å². The zero-order valence-electron chi connectivity index (χ0n) is 27.8. The number of ketones is 1. The Morgan fingerprint density at radius 1 is 0.957 bits per heavy atom. The molecule has 9 nitrogen and oxygen atoms in total. The van der Waals surface area contributed by atoms with Gasteiger partial charge in [-0.3, -0.25) is 9.59 Å². The Morgan fingerprint density at radius 2 is 1.72 bits per heavy atom. The van der Waals surface area contributed by atoms with E-state index in [1.807, 2.05) is 26.8 Å². The third kappa shape index (κ3) is 3.10. The summed E-state index contributed by atoms with van der Waals surface area (Å²) in [7, 11) is 0. The lowest BCUT2D eigenvalue weighted by Crippen LogP contribution is -2.77. The van der Waals surface area contributed by atoms with Gasteiger partial charge in [0.05, 0.1) is 29.8 Å². The van der Waals surface area contributed by atoms with Gasteiger partial charge >= 0.3 is 11.9 Å². The lowest BCUT2D eigenvalue weighted by Gasteiger charge is -2.68. The maximum atomic E-state index is 14.8. The fraction of sp³-hybridized carbons (Fsp3) is 0.811. The highest BCUT2D eigenvalue weighted by Gasteiger charge is 2.93. The van der Waals surface area contributed by atoms with Gasteiger partial charge in [-0.25, -0.2) is 4.79 Å². The van der Waals surface area contributed by atoms with Crippen LogP contribution in [-0.2, 0) is 39.8 Å². The number of carbonyl (C=O) groups is 3. The first-order valence-corrected chi connectivity index (χ1v) is 17.8. The summed E-state index contributed by atoms with van der Waals surface area (Å²) in [5.74, 6) is -1.48. The van der Waals surface area contributed by atoms with Crippen LogP contribution in [0.15, 0.2) is 16.7 Å². The Kier molecular flexibility index (Phi) is 5.88. The molecule has 4 saturated heterocycles. The Hall–Kier alpha value is -2.23. The second-order valence-electron chi connectivity index (χ2n) is 17.3. The molecule has 12 atom stereocenters. The van der Waals surface area contributed by atoms with Crippen molar-refractivity contribution in [1.82, 2.24) is 0 Å². The van der Waals surface area contributed by atoms with Crippen molar-refractivity contribution in [3.63, 3.8) is 0 Å². The standard InChI is InChI=1S/C37H48O9/c1-6-7-8-11-21-20(12-15-42-21)27-33(4)16-19-17-35(13-9-10-14-35)22-28-36(18-43-30(22)40)24(19)34(5,37(33)29(46-37)31(41)44-27)26(39)23(38)25(36)32(2,3)45-28/h12,15,19,22,24-29,39H,6-11,13-14,16-18H2,1-5H3/t19-,22-,24+,25-,26-,27-,28-,29-,33-,34+,36+,37+/m1/s1. The van der Waals surface area contributed by atoms with Crippen LogP contribution in [0.4, 0.5) is 0 Å². The highest BCUT2D eigenvalue weighted by Crippen LogP contribution is 2.83. The molecule has 0 aromatic carbocycles. The zero-order valence-corrected chi connectivity index (χ0v) is 27.8. The largest absolute Gasteiger partial charge is 0.469 e. The van der Waals surface area contributed by atoms with Crippen LogP contribution in [0.2, 0.25) is 0 Å². The second kappa shape index (κ2) is 9.06. The molecule has 8 fully saturated rings. The van der Waals surface area contributed by atoms with E-state index in [-0.39, 0.29) is 35.6 Å². The van der Waals surface area contributed by atoms with E-state index in [9.17, 15) is 19.5 Å². The number of hydrogen-bond acceptors (Lipinski definition) is 9. The summed E-state index contributed by atoms with van der Waals surface area (Å²) in [4.78, 5) is 42.7. The van der Waals surface area contributed by atoms with Crippen molar-refractivity contribution in [3.05, 3.63) is 23.7 Å². The SMILES string of the molecule is CCCCCc1occc1[C@H]1OC(=O)[C@H]2O[C@@]23[C@]2(C)[C@H](O)C(=O)[C@@H]4C(C)(C)O[C@@H]5[C@@H]6C(=O)OC[C@@]54[C@H]2[C@@H](CC62CCCC2)C[C@]13C. The lowest BCUT2D eigenvalue weighted by atomic mass is 9.34. The number of aliphatic hydroxyl groups is 1. The fourth-order valence-corrected chi connectivity index (χ4v) is 13.9. The molecule has 4 aliphatic heterocycles. The first-order valence-electron chi connectivity index (χ1n) is 17.8. The van der Waals surface area contributed by atoms with Gasteiger partial charge in [-0.15, -0.1) is 0 Å². The summed E-state index contributed by atoms with van der Waals surface area (Å²) in [5.41, 5.74) is -4.22. The molecule has 8 aliphatic rings.